The van der Waals surface area contributed by atoms with Crippen LogP contribution in [0.1, 0.15) is 19.8 Å². The molecule has 0 aliphatic carbocycles. The molecule has 1 amide bonds. The van der Waals surface area contributed by atoms with E-state index in [4.69, 9.17) is 14.2 Å². The van der Waals surface area contributed by atoms with Crippen LogP contribution in [0.5, 0.6) is 11.5 Å². The van der Waals surface area contributed by atoms with E-state index in [2.05, 4.69) is 15.0 Å². The lowest BCUT2D eigenvalue weighted by molar-refractivity contribution is -0.153. The lowest BCUT2D eigenvalue weighted by Gasteiger charge is -2.19. The first-order chi connectivity index (χ1) is 16.8. The molecule has 3 aromatic rings. The van der Waals surface area contributed by atoms with Crippen molar-refractivity contribution in [1.29, 1.82) is 0 Å². The predicted molar refractivity (Wildman–Crippen MR) is 128 cm³/mol. The number of ether oxygens (including phenoxy) is 3. The number of benzene rings is 2. The van der Waals surface area contributed by atoms with Crippen LogP contribution >= 0.6 is 0 Å². The minimum atomic E-state index is -3.79. The minimum absolute atomic E-state index is 0.0233. The van der Waals surface area contributed by atoms with E-state index in [-0.39, 0.29) is 24.3 Å². The molecule has 1 atom stereocenters. The summed E-state index contributed by atoms with van der Waals surface area (Å²) in [7, 11) is -3.79. The van der Waals surface area contributed by atoms with Crippen molar-refractivity contribution >= 4 is 38.5 Å². The molecule has 0 spiro atoms. The molecule has 0 saturated heterocycles. The van der Waals surface area contributed by atoms with Crippen LogP contribution in [-0.2, 0) is 24.3 Å². The number of hydrogen-bond donors (Lipinski definition) is 2. The highest BCUT2D eigenvalue weighted by atomic mass is 32.2. The van der Waals surface area contributed by atoms with Gasteiger partial charge in [-0.15, -0.1) is 0 Å². The van der Waals surface area contributed by atoms with Gasteiger partial charge in [-0.1, -0.05) is 6.07 Å². The zero-order chi connectivity index (χ0) is 24.8. The summed E-state index contributed by atoms with van der Waals surface area (Å²) < 4.78 is 43.5. The van der Waals surface area contributed by atoms with Crippen molar-refractivity contribution in [3.63, 3.8) is 0 Å². The molecule has 4 rings (SSSR count). The Kier molecular flexibility index (Phi) is 7.47. The lowest BCUT2D eigenvalue weighted by Crippen LogP contribution is -2.30. The summed E-state index contributed by atoms with van der Waals surface area (Å²) in [5.41, 5.74) is 1.30. The van der Waals surface area contributed by atoms with Gasteiger partial charge in [0.05, 0.1) is 16.1 Å². The van der Waals surface area contributed by atoms with Crippen molar-refractivity contribution in [1.82, 2.24) is 9.71 Å². The zero-order valence-corrected chi connectivity index (χ0v) is 19.8. The number of fused-ring (bicyclic) bond motifs is 2. The maximum atomic E-state index is 12.5. The fraction of sp³-hybridized carbons (Fsp3) is 0.292. The van der Waals surface area contributed by atoms with Gasteiger partial charge in [0.1, 0.15) is 13.2 Å². The van der Waals surface area contributed by atoms with Crippen molar-refractivity contribution in [3.8, 4) is 11.5 Å². The summed E-state index contributed by atoms with van der Waals surface area (Å²) in [6.45, 7) is 2.26. The molecule has 1 aliphatic rings. The number of anilines is 1. The smallest absolute Gasteiger partial charge is 0.306 e. The number of hydrogen-bond acceptors (Lipinski definition) is 8. The van der Waals surface area contributed by atoms with Crippen molar-refractivity contribution in [2.75, 3.05) is 25.1 Å². The summed E-state index contributed by atoms with van der Waals surface area (Å²) in [6, 6.07) is 13.3. The number of pyridine rings is 1. The lowest BCUT2D eigenvalue weighted by atomic mass is 10.2. The molecule has 11 heteroatoms. The Hall–Kier alpha value is -3.70. The monoisotopic (exact) mass is 499 g/mol. The van der Waals surface area contributed by atoms with Crippen LogP contribution in [0, 0.1) is 0 Å². The van der Waals surface area contributed by atoms with Crippen molar-refractivity contribution < 1.29 is 32.2 Å². The van der Waals surface area contributed by atoms with E-state index in [0.717, 1.165) is 10.9 Å². The number of sulfonamides is 1. The summed E-state index contributed by atoms with van der Waals surface area (Å²) in [5, 5.41) is 3.52. The second-order valence-corrected chi connectivity index (χ2v) is 9.57. The predicted octanol–water partition coefficient (Wildman–Crippen LogP) is 2.63. The van der Waals surface area contributed by atoms with E-state index < -0.39 is 28.0 Å². The van der Waals surface area contributed by atoms with Gasteiger partial charge in [0.2, 0.25) is 10.0 Å². The Morgan fingerprint density at radius 1 is 1.09 bits per heavy atom. The number of amides is 1. The number of carbonyl (C=O) groups excluding carboxylic acids is 2. The largest absolute Gasteiger partial charge is 0.486 e. The van der Waals surface area contributed by atoms with Crippen molar-refractivity contribution in [3.05, 3.63) is 54.7 Å². The summed E-state index contributed by atoms with van der Waals surface area (Å²) in [5.74, 6) is -0.220. The van der Waals surface area contributed by atoms with E-state index >= 15 is 0 Å². The number of rotatable bonds is 9. The first-order valence-corrected chi connectivity index (χ1v) is 12.6. The van der Waals surface area contributed by atoms with Crippen LogP contribution in [0.25, 0.3) is 10.9 Å². The second kappa shape index (κ2) is 10.7. The third-order valence-corrected chi connectivity index (χ3v) is 6.71. The Morgan fingerprint density at radius 2 is 1.89 bits per heavy atom. The molecule has 1 aromatic heterocycles. The van der Waals surface area contributed by atoms with Crippen LogP contribution < -0.4 is 19.5 Å². The molecule has 0 fully saturated rings. The first kappa shape index (κ1) is 24.4. The molecule has 2 N–H and O–H groups in total. The molecule has 1 aliphatic heterocycles. The van der Waals surface area contributed by atoms with Crippen LogP contribution in [0.3, 0.4) is 0 Å². The summed E-state index contributed by atoms with van der Waals surface area (Å²) >= 11 is 0. The molecular weight excluding hydrogens is 474 g/mol. The van der Waals surface area contributed by atoms with E-state index in [0.29, 0.717) is 30.4 Å². The molecule has 0 bridgehead atoms. The Labute approximate surface area is 202 Å². The highest BCUT2D eigenvalue weighted by molar-refractivity contribution is 7.89. The van der Waals surface area contributed by atoms with Gasteiger partial charge in [0, 0.05) is 30.6 Å². The van der Waals surface area contributed by atoms with Crippen molar-refractivity contribution in [2.24, 2.45) is 0 Å². The van der Waals surface area contributed by atoms with E-state index in [9.17, 15) is 18.0 Å². The van der Waals surface area contributed by atoms with Gasteiger partial charge in [-0.2, -0.15) is 0 Å². The molecule has 0 saturated carbocycles. The quantitative estimate of drug-likeness (QED) is 0.339. The Morgan fingerprint density at radius 3 is 2.71 bits per heavy atom. The van der Waals surface area contributed by atoms with Crippen molar-refractivity contribution in [2.45, 2.75) is 30.8 Å². The number of carbonyl (C=O) groups is 2. The third kappa shape index (κ3) is 6.06. The molecule has 1 unspecified atom stereocenters. The standard InChI is InChI=1S/C24H25N3O7S/c1-16(24(29)27-20-7-2-6-19-18(20)5-3-11-25-19)34-23(28)8-4-12-26-35(30,31)17-9-10-21-22(15-17)33-14-13-32-21/h2-3,5-7,9-11,15-16,26H,4,8,12-14H2,1H3,(H,27,29). The molecular formula is C24H25N3O7S. The molecule has 0 radical (unpaired) electrons. The van der Waals surface area contributed by atoms with E-state index in [1.54, 1.807) is 30.5 Å². The summed E-state index contributed by atoms with van der Waals surface area (Å²) in [4.78, 5) is 28.9. The maximum absolute atomic E-state index is 12.5. The van der Waals surface area contributed by atoms with Gasteiger partial charge < -0.3 is 19.5 Å². The first-order valence-electron chi connectivity index (χ1n) is 11.1. The number of esters is 1. The maximum Gasteiger partial charge on any atom is 0.306 e. The molecule has 35 heavy (non-hydrogen) atoms. The fourth-order valence-electron chi connectivity index (χ4n) is 3.47. The van der Waals surface area contributed by atoms with Crippen LogP contribution in [-0.4, -0.2) is 51.1 Å². The Balaban J connectivity index is 1.23. The highest BCUT2D eigenvalue weighted by Crippen LogP contribution is 2.32. The zero-order valence-electron chi connectivity index (χ0n) is 19.0. The van der Waals surface area contributed by atoms with Crippen LogP contribution in [0.15, 0.2) is 59.6 Å². The molecule has 2 heterocycles. The molecule has 184 valence electrons. The van der Waals surface area contributed by atoms with Gasteiger partial charge in [0.15, 0.2) is 17.6 Å². The third-order valence-electron chi connectivity index (χ3n) is 5.25. The van der Waals surface area contributed by atoms with Gasteiger partial charge in [-0.05, 0) is 49.7 Å². The average Bonchev–Trinajstić information content (AvgIpc) is 2.86. The Bertz CT molecular complexity index is 1340. The van der Waals surface area contributed by atoms with Crippen LogP contribution in [0.4, 0.5) is 5.69 Å². The topological polar surface area (TPSA) is 133 Å². The minimum Gasteiger partial charge on any atom is -0.486 e. The van der Waals surface area contributed by atoms with Gasteiger partial charge >= 0.3 is 5.97 Å². The normalized spacial score (nSPS) is 13.7. The van der Waals surface area contributed by atoms with E-state index in [1.165, 1.54) is 19.1 Å². The highest BCUT2D eigenvalue weighted by Gasteiger charge is 2.21. The fourth-order valence-corrected chi connectivity index (χ4v) is 4.56. The summed E-state index contributed by atoms with van der Waals surface area (Å²) in [6.07, 6.45) is 0.781. The van der Waals surface area contributed by atoms with Gasteiger partial charge in [-0.25, -0.2) is 13.1 Å². The average molecular weight is 500 g/mol. The van der Waals surface area contributed by atoms with Gasteiger partial charge in [-0.3, -0.25) is 14.6 Å². The number of aromatic nitrogens is 1. The second-order valence-electron chi connectivity index (χ2n) is 7.80. The molecule has 10 nitrogen and oxygen atoms in total. The number of nitrogens with zero attached hydrogens (tertiary/aromatic N) is 1. The van der Waals surface area contributed by atoms with E-state index in [1.807, 2.05) is 12.1 Å². The number of nitrogens with one attached hydrogen (secondary N) is 2. The molecule has 2 aromatic carbocycles. The van der Waals surface area contributed by atoms with Crippen LogP contribution in [0.2, 0.25) is 0 Å². The van der Waals surface area contributed by atoms with Gasteiger partial charge in [0.25, 0.3) is 5.91 Å². The SMILES string of the molecule is CC(OC(=O)CCCNS(=O)(=O)c1ccc2c(c1)OCCO2)C(=O)Nc1cccc2ncccc12.